The van der Waals surface area contributed by atoms with E-state index in [0.717, 1.165) is 30.4 Å². The first-order chi connectivity index (χ1) is 16.4. The molecule has 1 saturated heterocycles. The van der Waals surface area contributed by atoms with Crippen LogP contribution in [-0.2, 0) is 14.3 Å². The minimum absolute atomic E-state index is 0.0140. The van der Waals surface area contributed by atoms with Crippen molar-refractivity contribution < 1.29 is 19.1 Å². The summed E-state index contributed by atoms with van der Waals surface area (Å²) in [5.41, 5.74) is 8.26. The van der Waals surface area contributed by atoms with Crippen molar-refractivity contribution in [2.45, 2.75) is 57.6 Å². The number of nitrogen functional groups attached to an aromatic ring is 1. The maximum atomic E-state index is 12.4. The summed E-state index contributed by atoms with van der Waals surface area (Å²) < 4.78 is 11.6. The van der Waals surface area contributed by atoms with E-state index in [1.54, 1.807) is 0 Å². The van der Waals surface area contributed by atoms with E-state index in [1.165, 1.54) is 6.42 Å². The molecule has 2 aromatic rings. The Hall–Kier alpha value is -3.35. The molecule has 1 saturated carbocycles. The topological polar surface area (TPSA) is 114 Å². The molecule has 34 heavy (non-hydrogen) atoms. The van der Waals surface area contributed by atoms with Crippen molar-refractivity contribution in [3.05, 3.63) is 54.1 Å². The van der Waals surface area contributed by atoms with Crippen molar-refractivity contribution in [3.63, 3.8) is 0 Å². The normalized spacial score (nSPS) is 24.3. The number of carbonyl (C=O) groups excluding carboxylic acids is 2. The lowest BCUT2D eigenvalue weighted by molar-refractivity contribution is -0.155. The van der Waals surface area contributed by atoms with Crippen molar-refractivity contribution >= 4 is 17.7 Å². The number of nitrogens with two attached hydrogens (primary N) is 1. The lowest BCUT2D eigenvalue weighted by Gasteiger charge is -2.28. The average Bonchev–Trinajstić information content (AvgIpc) is 3.18. The number of amides is 1. The summed E-state index contributed by atoms with van der Waals surface area (Å²) in [6.07, 6.45) is 4.98. The van der Waals surface area contributed by atoms with Gasteiger partial charge in [-0.3, -0.25) is 15.0 Å². The quantitative estimate of drug-likeness (QED) is 0.311. The lowest BCUT2D eigenvalue weighted by atomic mass is 9.88. The zero-order chi connectivity index (χ0) is 24.1. The Morgan fingerprint density at radius 3 is 2.35 bits per heavy atom. The summed E-state index contributed by atoms with van der Waals surface area (Å²) in [6.45, 7) is 2.48. The highest BCUT2D eigenvalue weighted by Crippen LogP contribution is 2.28. The van der Waals surface area contributed by atoms with Crippen LogP contribution in [-0.4, -0.2) is 36.5 Å². The van der Waals surface area contributed by atoms with Crippen molar-refractivity contribution in [2.24, 2.45) is 17.6 Å². The van der Waals surface area contributed by atoms with Gasteiger partial charge in [-0.25, -0.2) is 0 Å². The molecule has 1 aliphatic carbocycles. The zero-order valence-corrected chi connectivity index (χ0v) is 19.6. The van der Waals surface area contributed by atoms with Crippen LogP contribution in [0.3, 0.4) is 0 Å². The standard InChI is InChI=1S/C27H33N3O4/c1-17-4-2-3-5-24(17)34-25(31)15-21-14-22(30-27(21)32)16-33-23-12-10-19(11-13-23)18-6-8-20(9-7-18)26(28)29/h6-13,17,21-22,24H,2-5,14-16H2,1H3,(H3,28,29)(H,30,32)/t17?,21-,22-,24?/m0/s1. The number of benzene rings is 2. The minimum atomic E-state index is -0.361. The van der Waals surface area contributed by atoms with Gasteiger partial charge < -0.3 is 20.5 Å². The van der Waals surface area contributed by atoms with Gasteiger partial charge in [-0.05, 0) is 54.9 Å². The predicted octanol–water partition coefficient (Wildman–Crippen LogP) is 4.03. The van der Waals surface area contributed by atoms with Gasteiger partial charge in [-0.2, -0.15) is 0 Å². The molecule has 4 rings (SSSR count). The van der Waals surface area contributed by atoms with Gasteiger partial charge in [0, 0.05) is 5.56 Å². The molecule has 7 heteroatoms. The Morgan fingerprint density at radius 2 is 1.71 bits per heavy atom. The number of esters is 1. The van der Waals surface area contributed by atoms with Crippen molar-refractivity contribution in [2.75, 3.05) is 6.61 Å². The van der Waals surface area contributed by atoms with Crippen LogP contribution in [0, 0.1) is 17.2 Å². The molecule has 0 aromatic heterocycles. The van der Waals surface area contributed by atoms with E-state index in [2.05, 4.69) is 12.2 Å². The van der Waals surface area contributed by atoms with Gasteiger partial charge in [0.2, 0.25) is 5.91 Å². The molecule has 0 radical (unpaired) electrons. The maximum absolute atomic E-state index is 12.4. The Balaban J connectivity index is 1.24. The van der Waals surface area contributed by atoms with E-state index in [9.17, 15) is 9.59 Å². The molecule has 4 N–H and O–H groups in total. The molecule has 2 unspecified atom stereocenters. The zero-order valence-electron chi connectivity index (χ0n) is 19.6. The van der Waals surface area contributed by atoms with E-state index < -0.39 is 0 Å². The molecular weight excluding hydrogens is 430 g/mol. The molecule has 0 bridgehead atoms. The maximum Gasteiger partial charge on any atom is 0.306 e. The van der Waals surface area contributed by atoms with Gasteiger partial charge in [-0.15, -0.1) is 0 Å². The fraction of sp³-hybridized carbons (Fsp3) is 0.444. The predicted molar refractivity (Wildman–Crippen MR) is 131 cm³/mol. The van der Waals surface area contributed by atoms with Crippen LogP contribution in [0.4, 0.5) is 0 Å². The molecule has 1 heterocycles. The third kappa shape index (κ3) is 5.95. The van der Waals surface area contributed by atoms with Crippen LogP contribution in [0.1, 0.15) is 51.0 Å². The summed E-state index contributed by atoms with van der Waals surface area (Å²) in [7, 11) is 0. The number of amidine groups is 1. The molecule has 180 valence electrons. The molecule has 7 nitrogen and oxygen atoms in total. The molecular formula is C27H33N3O4. The highest BCUT2D eigenvalue weighted by molar-refractivity contribution is 5.95. The summed E-state index contributed by atoms with van der Waals surface area (Å²) >= 11 is 0. The van der Waals surface area contributed by atoms with Crippen molar-refractivity contribution in [1.29, 1.82) is 5.41 Å². The Labute approximate surface area is 200 Å². The number of rotatable bonds is 8. The number of nitrogens with one attached hydrogen (secondary N) is 2. The number of ether oxygens (including phenoxy) is 2. The Kier molecular flexibility index (Phi) is 7.50. The van der Waals surface area contributed by atoms with E-state index in [-0.39, 0.29) is 42.2 Å². The third-order valence-electron chi connectivity index (χ3n) is 6.85. The first-order valence-electron chi connectivity index (χ1n) is 12.1. The molecule has 4 atom stereocenters. The molecule has 1 aliphatic heterocycles. The number of hydrogen-bond acceptors (Lipinski definition) is 5. The van der Waals surface area contributed by atoms with Crippen LogP contribution in [0.15, 0.2) is 48.5 Å². The van der Waals surface area contributed by atoms with Crippen molar-refractivity contribution in [1.82, 2.24) is 5.32 Å². The fourth-order valence-electron chi connectivity index (χ4n) is 4.77. The van der Waals surface area contributed by atoms with E-state index >= 15 is 0 Å². The van der Waals surface area contributed by atoms with Crippen LogP contribution in [0.25, 0.3) is 11.1 Å². The SMILES string of the molecule is CC1CCCCC1OC(=O)C[C@@H]1C[C@@H](COc2ccc(-c3ccc(C(=N)N)cc3)cc2)NC1=O. The lowest BCUT2D eigenvalue weighted by Crippen LogP contribution is -2.32. The number of carbonyl (C=O) groups is 2. The van der Waals surface area contributed by atoms with Gasteiger partial charge in [-0.1, -0.05) is 49.7 Å². The monoisotopic (exact) mass is 463 g/mol. The average molecular weight is 464 g/mol. The summed E-state index contributed by atoms with van der Waals surface area (Å²) in [5.74, 6) is 0.418. The molecule has 1 amide bonds. The third-order valence-corrected chi connectivity index (χ3v) is 6.85. The summed E-state index contributed by atoms with van der Waals surface area (Å²) in [6, 6.07) is 15.1. The second-order valence-corrected chi connectivity index (χ2v) is 9.46. The van der Waals surface area contributed by atoms with Crippen molar-refractivity contribution in [3.8, 4) is 16.9 Å². The summed E-state index contributed by atoms with van der Waals surface area (Å²) in [4.78, 5) is 24.8. The molecule has 2 aromatic carbocycles. The molecule has 2 aliphatic rings. The Morgan fingerprint density at radius 1 is 1.06 bits per heavy atom. The fourth-order valence-corrected chi connectivity index (χ4v) is 4.77. The first kappa shape index (κ1) is 23.8. The highest BCUT2D eigenvalue weighted by atomic mass is 16.5. The Bertz CT molecular complexity index is 1020. The molecule has 2 fully saturated rings. The largest absolute Gasteiger partial charge is 0.491 e. The van der Waals surface area contributed by atoms with Gasteiger partial charge in [0.15, 0.2) is 0 Å². The highest BCUT2D eigenvalue weighted by Gasteiger charge is 2.35. The van der Waals surface area contributed by atoms with Gasteiger partial charge in [0.1, 0.15) is 24.3 Å². The van der Waals surface area contributed by atoms with Crippen LogP contribution in [0.2, 0.25) is 0 Å². The van der Waals surface area contributed by atoms with Crippen LogP contribution >= 0.6 is 0 Å². The number of hydrogen-bond donors (Lipinski definition) is 3. The van der Waals surface area contributed by atoms with Crippen LogP contribution < -0.4 is 15.8 Å². The van der Waals surface area contributed by atoms with E-state index in [0.29, 0.717) is 30.3 Å². The summed E-state index contributed by atoms with van der Waals surface area (Å²) in [5, 5.41) is 10.4. The van der Waals surface area contributed by atoms with Gasteiger partial charge in [0.25, 0.3) is 0 Å². The second kappa shape index (κ2) is 10.7. The minimum Gasteiger partial charge on any atom is -0.491 e. The van der Waals surface area contributed by atoms with Crippen LogP contribution in [0.5, 0.6) is 5.75 Å². The second-order valence-electron chi connectivity index (χ2n) is 9.46. The molecule has 0 spiro atoms. The first-order valence-corrected chi connectivity index (χ1v) is 12.1. The van der Waals surface area contributed by atoms with Gasteiger partial charge >= 0.3 is 5.97 Å². The smallest absolute Gasteiger partial charge is 0.306 e. The van der Waals surface area contributed by atoms with Gasteiger partial charge in [0.05, 0.1) is 18.4 Å². The van der Waals surface area contributed by atoms with E-state index in [1.807, 2.05) is 48.5 Å². The van der Waals surface area contributed by atoms with E-state index in [4.69, 9.17) is 20.6 Å².